The summed E-state index contributed by atoms with van der Waals surface area (Å²) < 4.78 is 2.42. The molecule has 0 radical (unpaired) electrons. The zero-order valence-electron chi connectivity index (χ0n) is 14.5. The number of rotatable bonds is 3. The van der Waals surface area contributed by atoms with Gasteiger partial charge in [0.15, 0.2) is 0 Å². The van der Waals surface area contributed by atoms with Crippen LogP contribution >= 0.6 is 11.6 Å². The van der Waals surface area contributed by atoms with Crippen molar-refractivity contribution in [1.82, 2.24) is 14.8 Å². The molecule has 0 saturated heterocycles. The van der Waals surface area contributed by atoms with Gasteiger partial charge in [-0.05, 0) is 93.4 Å². The molecule has 0 spiro atoms. The van der Waals surface area contributed by atoms with Crippen molar-refractivity contribution in [2.75, 3.05) is 0 Å². The van der Waals surface area contributed by atoms with E-state index in [4.69, 9.17) is 21.8 Å². The summed E-state index contributed by atoms with van der Waals surface area (Å²) in [5.74, 6) is 5.82. The van der Waals surface area contributed by atoms with E-state index in [1.165, 1.54) is 68.7 Å². The number of halogens is 1. The Kier molecular flexibility index (Phi) is 3.01. The first kappa shape index (κ1) is 14.8. The van der Waals surface area contributed by atoms with Crippen molar-refractivity contribution in [2.24, 2.45) is 17.8 Å². The normalized spacial score (nSPS) is 36.1. The van der Waals surface area contributed by atoms with Crippen LogP contribution in [0.5, 0.6) is 0 Å². The monoisotopic (exact) mass is 353 g/mol. The molecule has 7 rings (SSSR count). The van der Waals surface area contributed by atoms with Crippen molar-refractivity contribution in [3.63, 3.8) is 0 Å². The summed E-state index contributed by atoms with van der Waals surface area (Å²) in [5.41, 5.74) is 1.47. The van der Waals surface area contributed by atoms with Crippen LogP contribution in [0.3, 0.4) is 0 Å². The van der Waals surface area contributed by atoms with Gasteiger partial charge in [-0.2, -0.15) is 0 Å². The summed E-state index contributed by atoms with van der Waals surface area (Å²) >= 11 is 6.14. The van der Waals surface area contributed by atoms with Crippen molar-refractivity contribution in [2.45, 2.75) is 62.7 Å². The van der Waals surface area contributed by atoms with Gasteiger partial charge in [-0.1, -0.05) is 11.6 Å². The summed E-state index contributed by atoms with van der Waals surface area (Å²) in [6.07, 6.45) is 10.9. The molecule has 4 heteroatoms. The topological polar surface area (TPSA) is 30.7 Å². The lowest BCUT2D eigenvalue weighted by Gasteiger charge is -2.56. The van der Waals surface area contributed by atoms with Crippen LogP contribution in [0.25, 0.3) is 5.69 Å². The highest BCUT2D eigenvalue weighted by Gasteiger charge is 2.54. The van der Waals surface area contributed by atoms with E-state index in [9.17, 15) is 0 Å². The number of nitrogens with zero attached hydrogens (tertiary/aromatic N) is 3. The van der Waals surface area contributed by atoms with Gasteiger partial charge in [-0.3, -0.25) is 4.57 Å². The van der Waals surface area contributed by atoms with Crippen molar-refractivity contribution in [3.05, 3.63) is 40.9 Å². The minimum atomic E-state index is 0.272. The summed E-state index contributed by atoms with van der Waals surface area (Å²) in [4.78, 5) is 0. The zero-order chi connectivity index (χ0) is 16.6. The Morgan fingerprint density at radius 1 is 0.880 bits per heavy atom. The number of aromatic nitrogens is 3. The van der Waals surface area contributed by atoms with Gasteiger partial charge in [0.05, 0.1) is 0 Å². The first-order valence-electron chi connectivity index (χ1n) is 9.92. The molecule has 5 aliphatic rings. The lowest BCUT2D eigenvalue weighted by molar-refractivity contribution is -0.0102. The molecular formula is C21H24ClN3. The maximum atomic E-state index is 6.14. The van der Waals surface area contributed by atoms with E-state index in [0.717, 1.165) is 22.8 Å². The molecule has 3 nitrogen and oxygen atoms in total. The molecule has 4 bridgehead atoms. The van der Waals surface area contributed by atoms with Crippen LogP contribution in [0.1, 0.15) is 68.9 Å². The SMILES string of the molecule is Clc1ccc(-n2c(C3CC3)nnc2C23CC4CC(CC(C4)C2)C3)cc1. The average Bonchev–Trinajstić information content (AvgIpc) is 3.32. The van der Waals surface area contributed by atoms with Crippen LogP contribution < -0.4 is 0 Å². The summed E-state index contributed by atoms with van der Waals surface area (Å²) in [5, 5.41) is 10.4. The van der Waals surface area contributed by atoms with Crippen molar-refractivity contribution in [3.8, 4) is 5.69 Å². The highest BCUT2D eigenvalue weighted by atomic mass is 35.5. The van der Waals surface area contributed by atoms with Gasteiger partial charge in [0.1, 0.15) is 11.6 Å². The predicted molar refractivity (Wildman–Crippen MR) is 98.2 cm³/mol. The number of benzene rings is 1. The van der Waals surface area contributed by atoms with Crippen molar-refractivity contribution < 1.29 is 0 Å². The molecule has 1 heterocycles. The number of hydrogen-bond donors (Lipinski definition) is 0. The van der Waals surface area contributed by atoms with Crippen LogP contribution in [0, 0.1) is 17.8 Å². The van der Waals surface area contributed by atoms with E-state index >= 15 is 0 Å². The lowest BCUT2D eigenvalue weighted by Crippen LogP contribution is -2.49. The molecule has 0 atom stereocenters. The smallest absolute Gasteiger partial charge is 0.143 e. The molecule has 0 N–H and O–H groups in total. The molecular weight excluding hydrogens is 330 g/mol. The molecule has 5 saturated carbocycles. The lowest BCUT2D eigenvalue weighted by atomic mass is 9.49. The molecule has 0 amide bonds. The Hall–Kier alpha value is -1.35. The number of hydrogen-bond acceptors (Lipinski definition) is 2. The molecule has 2 aromatic rings. The van der Waals surface area contributed by atoms with Gasteiger partial charge < -0.3 is 0 Å². The maximum Gasteiger partial charge on any atom is 0.143 e. The second-order valence-electron chi connectivity index (χ2n) is 9.17. The minimum absolute atomic E-state index is 0.272. The van der Waals surface area contributed by atoms with E-state index in [1.54, 1.807) is 0 Å². The molecule has 25 heavy (non-hydrogen) atoms. The molecule has 1 aromatic carbocycles. The van der Waals surface area contributed by atoms with Crippen molar-refractivity contribution >= 4 is 11.6 Å². The first-order chi connectivity index (χ1) is 12.2. The molecule has 5 aliphatic carbocycles. The largest absolute Gasteiger partial charge is 0.282 e. The van der Waals surface area contributed by atoms with Gasteiger partial charge in [-0.15, -0.1) is 10.2 Å². The zero-order valence-corrected chi connectivity index (χ0v) is 15.3. The van der Waals surface area contributed by atoms with E-state index in [2.05, 4.69) is 16.7 Å². The van der Waals surface area contributed by atoms with Gasteiger partial charge in [0.25, 0.3) is 0 Å². The second kappa shape index (κ2) is 5.09. The Bertz CT molecular complexity index is 783. The summed E-state index contributed by atoms with van der Waals surface area (Å²) in [7, 11) is 0. The molecule has 0 unspecified atom stereocenters. The fraction of sp³-hybridized carbons (Fsp3) is 0.619. The van der Waals surface area contributed by atoms with Gasteiger partial charge in [0.2, 0.25) is 0 Å². The average molecular weight is 354 g/mol. The molecule has 130 valence electrons. The standard InChI is InChI=1S/C21H24ClN3/c22-17-3-5-18(6-4-17)25-19(16-1-2-16)23-24-20(25)21-10-13-7-14(11-21)9-15(8-13)12-21/h3-6,13-16H,1-2,7-12H2. The van der Waals surface area contributed by atoms with Gasteiger partial charge in [0, 0.05) is 22.0 Å². The first-order valence-corrected chi connectivity index (χ1v) is 10.3. The summed E-state index contributed by atoms with van der Waals surface area (Å²) in [6.45, 7) is 0. The van der Waals surface area contributed by atoms with Crippen LogP contribution in [-0.4, -0.2) is 14.8 Å². The van der Waals surface area contributed by atoms with Crippen LogP contribution in [0.15, 0.2) is 24.3 Å². The summed E-state index contributed by atoms with van der Waals surface area (Å²) in [6, 6.07) is 8.28. The fourth-order valence-electron chi connectivity index (χ4n) is 6.47. The Labute approximate surface area is 153 Å². The Morgan fingerprint density at radius 3 is 2.04 bits per heavy atom. The van der Waals surface area contributed by atoms with E-state index in [-0.39, 0.29) is 5.41 Å². The highest BCUT2D eigenvalue weighted by molar-refractivity contribution is 6.30. The fourth-order valence-corrected chi connectivity index (χ4v) is 6.60. The molecule has 0 aliphatic heterocycles. The third kappa shape index (κ3) is 2.24. The highest BCUT2D eigenvalue weighted by Crippen LogP contribution is 2.60. The minimum Gasteiger partial charge on any atom is -0.282 e. The van der Waals surface area contributed by atoms with Gasteiger partial charge >= 0.3 is 0 Å². The van der Waals surface area contributed by atoms with E-state index in [0.29, 0.717) is 5.92 Å². The Morgan fingerprint density at radius 2 is 1.48 bits per heavy atom. The molecule has 5 fully saturated rings. The third-order valence-electron chi connectivity index (χ3n) is 7.23. The van der Waals surface area contributed by atoms with Crippen LogP contribution in [0.4, 0.5) is 0 Å². The Balaban J connectivity index is 1.51. The van der Waals surface area contributed by atoms with E-state index < -0.39 is 0 Å². The predicted octanol–water partition coefficient (Wildman–Crippen LogP) is 5.27. The van der Waals surface area contributed by atoms with Crippen LogP contribution in [-0.2, 0) is 5.41 Å². The van der Waals surface area contributed by atoms with Crippen molar-refractivity contribution in [1.29, 1.82) is 0 Å². The maximum absolute atomic E-state index is 6.14. The van der Waals surface area contributed by atoms with E-state index in [1.807, 2.05) is 12.1 Å². The van der Waals surface area contributed by atoms with Crippen LogP contribution in [0.2, 0.25) is 5.02 Å². The third-order valence-corrected chi connectivity index (χ3v) is 7.48. The quantitative estimate of drug-likeness (QED) is 0.752. The molecule has 1 aromatic heterocycles. The van der Waals surface area contributed by atoms with Gasteiger partial charge in [-0.25, -0.2) is 0 Å². The second-order valence-corrected chi connectivity index (χ2v) is 9.60.